The van der Waals surface area contributed by atoms with Crippen molar-refractivity contribution in [1.29, 1.82) is 0 Å². The molecule has 1 aromatic heterocycles. The Morgan fingerprint density at radius 2 is 1.85 bits per heavy atom. The Morgan fingerprint density at radius 3 is 2.61 bits per heavy atom. The fourth-order valence-corrected chi connectivity index (χ4v) is 6.22. The molecule has 0 bridgehead atoms. The van der Waals surface area contributed by atoms with Gasteiger partial charge in [0.1, 0.15) is 18.5 Å². The number of rotatable bonds is 9. The van der Waals surface area contributed by atoms with E-state index in [2.05, 4.69) is 14.8 Å². The summed E-state index contributed by atoms with van der Waals surface area (Å²) in [5, 5.41) is 11.5. The number of aromatic nitrogens is 1. The molecule has 1 saturated heterocycles. The van der Waals surface area contributed by atoms with Crippen LogP contribution in [0.5, 0.6) is 5.75 Å². The van der Waals surface area contributed by atoms with Crippen LogP contribution in [0, 0.1) is 13.8 Å². The lowest BCUT2D eigenvalue weighted by Crippen LogP contribution is -2.50. The molecule has 1 fully saturated rings. The fourth-order valence-electron chi connectivity index (χ4n) is 4.03. The van der Waals surface area contributed by atoms with E-state index < -0.39 is 15.9 Å². The van der Waals surface area contributed by atoms with Gasteiger partial charge in [-0.1, -0.05) is 12.1 Å². The summed E-state index contributed by atoms with van der Waals surface area (Å²) in [5.74, 6) is 0.835. The molecule has 0 radical (unpaired) electrons. The Labute approximate surface area is 199 Å². The predicted octanol–water partition coefficient (Wildman–Crippen LogP) is 2.74. The number of aliphatic hydroxyl groups excluding tert-OH is 1. The van der Waals surface area contributed by atoms with E-state index in [1.165, 1.54) is 0 Å². The van der Waals surface area contributed by atoms with Crippen LogP contribution >= 0.6 is 11.3 Å². The van der Waals surface area contributed by atoms with Gasteiger partial charge in [-0.3, -0.25) is 9.80 Å². The van der Waals surface area contributed by atoms with Crippen molar-refractivity contribution in [1.82, 2.24) is 14.8 Å². The zero-order chi connectivity index (χ0) is 23.4. The van der Waals surface area contributed by atoms with Crippen molar-refractivity contribution < 1.29 is 18.3 Å². The number of aryl methyl sites for hydroxylation is 2. The van der Waals surface area contributed by atoms with Crippen LogP contribution in [0.25, 0.3) is 10.2 Å². The number of benzene rings is 2. The molecule has 1 N–H and O–H groups in total. The molecule has 0 unspecified atom stereocenters. The van der Waals surface area contributed by atoms with Crippen molar-refractivity contribution in [3.63, 3.8) is 0 Å². The molecule has 2 heterocycles. The molecule has 1 atom stereocenters. The van der Waals surface area contributed by atoms with Gasteiger partial charge in [-0.25, -0.2) is 13.4 Å². The number of sulfone groups is 1. The van der Waals surface area contributed by atoms with Crippen LogP contribution < -0.4 is 4.74 Å². The van der Waals surface area contributed by atoms with Crippen LogP contribution in [0.1, 0.15) is 10.6 Å². The van der Waals surface area contributed by atoms with E-state index in [4.69, 9.17) is 4.74 Å². The van der Waals surface area contributed by atoms with Crippen LogP contribution in [-0.2, 0) is 9.84 Å². The minimum absolute atomic E-state index is 0.121. The molecule has 3 aromatic rings. The Hall–Kier alpha value is -2.04. The molecule has 0 amide bonds. The van der Waals surface area contributed by atoms with Gasteiger partial charge in [0.2, 0.25) is 0 Å². The average Bonchev–Trinajstić information content (AvgIpc) is 3.16. The number of thiazole rings is 1. The summed E-state index contributed by atoms with van der Waals surface area (Å²) in [7, 11) is -3.28. The van der Waals surface area contributed by atoms with E-state index in [9.17, 15) is 13.5 Å². The highest BCUT2D eigenvalue weighted by Gasteiger charge is 2.22. The van der Waals surface area contributed by atoms with Gasteiger partial charge in [0, 0.05) is 45.3 Å². The molecule has 1 aliphatic rings. The minimum Gasteiger partial charge on any atom is -0.491 e. The van der Waals surface area contributed by atoms with Crippen LogP contribution in [0.15, 0.2) is 47.4 Å². The number of hydrogen-bond donors (Lipinski definition) is 1. The first kappa shape index (κ1) is 24.1. The summed E-state index contributed by atoms with van der Waals surface area (Å²) in [4.78, 5) is 9.25. The van der Waals surface area contributed by atoms with Gasteiger partial charge in [-0.05, 0) is 43.7 Å². The summed E-state index contributed by atoms with van der Waals surface area (Å²) < 4.78 is 32.1. The second-order valence-electron chi connectivity index (χ2n) is 8.60. The number of β-amino-alcohol motifs (C(OH)–C–C–N with tert-alkyl or cyclic N) is 1. The van der Waals surface area contributed by atoms with E-state index in [-0.39, 0.29) is 12.4 Å². The summed E-state index contributed by atoms with van der Waals surface area (Å²) in [5.41, 5.74) is 1.87. The second-order valence-corrected chi connectivity index (χ2v) is 11.9. The van der Waals surface area contributed by atoms with Gasteiger partial charge in [-0.2, -0.15) is 0 Å². The van der Waals surface area contributed by atoms with E-state index in [0.717, 1.165) is 47.0 Å². The zero-order valence-corrected chi connectivity index (χ0v) is 20.7. The molecule has 178 valence electrons. The Kier molecular flexibility index (Phi) is 7.65. The van der Waals surface area contributed by atoms with Crippen molar-refractivity contribution in [2.45, 2.75) is 24.8 Å². The monoisotopic (exact) mass is 489 g/mol. The molecule has 0 aliphatic carbocycles. The van der Waals surface area contributed by atoms with Gasteiger partial charge in [0.25, 0.3) is 0 Å². The highest BCUT2D eigenvalue weighted by molar-refractivity contribution is 7.91. The van der Waals surface area contributed by atoms with E-state index in [1.807, 2.05) is 38.1 Å². The third-order valence-electron chi connectivity index (χ3n) is 5.87. The smallest absolute Gasteiger partial charge is 0.179 e. The molecule has 0 spiro atoms. The predicted molar refractivity (Wildman–Crippen MR) is 132 cm³/mol. The molecule has 33 heavy (non-hydrogen) atoms. The van der Waals surface area contributed by atoms with Crippen LogP contribution in [0.4, 0.5) is 0 Å². The second kappa shape index (κ2) is 10.5. The lowest BCUT2D eigenvalue weighted by Gasteiger charge is -2.35. The summed E-state index contributed by atoms with van der Waals surface area (Å²) in [6.45, 7) is 8.34. The van der Waals surface area contributed by atoms with Gasteiger partial charge in [-0.15, -0.1) is 11.3 Å². The SMILES string of the molecule is Cc1cccc(S(=O)(=O)CCN2CCN(C[C@@H](O)COc3ccc4sc(C)nc4c3)CC2)c1. The quantitative estimate of drug-likeness (QED) is 0.495. The van der Waals surface area contributed by atoms with Crippen LogP contribution in [-0.4, -0.2) is 86.0 Å². The molecule has 2 aromatic carbocycles. The lowest BCUT2D eigenvalue weighted by atomic mass is 10.2. The molecule has 4 rings (SSSR count). The zero-order valence-electron chi connectivity index (χ0n) is 19.1. The number of ether oxygens (including phenoxy) is 1. The van der Waals surface area contributed by atoms with Crippen molar-refractivity contribution in [3.8, 4) is 5.75 Å². The fraction of sp³-hybridized carbons (Fsp3) is 0.458. The van der Waals surface area contributed by atoms with Gasteiger partial charge in [0.15, 0.2) is 9.84 Å². The minimum atomic E-state index is -3.28. The first-order chi connectivity index (χ1) is 15.8. The standard InChI is InChI=1S/C24H31N3O4S2/c1-18-4-3-5-22(14-18)33(29,30)13-12-26-8-10-27(11-9-26)16-20(28)17-31-21-6-7-24-23(15-21)25-19(2)32-24/h3-7,14-15,20,28H,8-13,16-17H2,1-2H3/t20-/m1/s1. The van der Waals surface area contributed by atoms with E-state index >= 15 is 0 Å². The summed E-state index contributed by atoms with van der Waals surface area (Å²) in [6.07, 6.45) is -0.592. The topological polar surface area (TPSA) is 83.0 Å². The third-order valence-corrected chi connectivity index (χ3v) is 8.51. The van der Waals surface area contributed by atoms with Gasteiger partial charge < -0.3 is 9.84 Å². The maximum absolute atomic E-state index is 12.6. The molecule has 0 saturated carbocycles. The van der Waals surface area contributed by atoms with Crippen LogP contribution in [0.2, 0.25) is 0 Å². The number of fused-ring (bicyclic) bond motifs is 1. The van der Waals surface area contributed by atoms with E-state index in [1.54, 1.807) is 29.5 Å². The average molecular weight is 490 g/mol. The van der Waals surface area contributed by atoms with Crippen molar-refractivity contribution in [3.05, 3.63) is 53.0 Å². The lowest BCUT2D eigenvalue weighted by molar-refractivity contribution is 0.0472. The first-order valence-corrected chi connectivity index (χ1v) is 13.7. The normalized spacial score (nSPS) is 16.8. The third kappa shape index (κ3) is 6.51. The van der Waals surface area contributed by atoms with Gasteiger partial charge in [0.05, 0.1) is 25.9 Å². The van der Waals surface area contributed by atoms with Crippen molar-refractivity contribution >= 4 is 31.4 Å². The number of hydrogen-bond acceptors (Lipinski definition) is 8. The Balaban J connectivity index is 1.18. The maximum Gasteiger partial charge on any atom is 0.179 e. The first-order valence-electron chi connectivity index (χ1n) is 11.2. The molecular formula is C24H31N3O4S2. The summed E-state index contributed by atoms with van der Waals surface area (Å²) >= 11 is 1.65. The highest BCUT2D eigenvalue weighted by atomic mass is 32.2. The summed E-state index contributed by atoms with van der Waals surface area (Å²) in [6, 6.07) is 12.9. The molecular weight excluding hydrogens is 458 g/mol. The molecule has 9 heteroatoms. The largest absolute Gasteiger partial charge is 0.491 e. The number of nitrogens with zero attached hydrogens (tertiary/aromatic N) is 3. The number of aliphatic hydroxyl groups is 1. The van der Waals surface area contributed by atoms with E-state index in [0.29, 0.717) is 23.7 Å². The molecule has 1 aliphatic heterocycles. The van der Waals surface area contributed by atoms with Crippen molar-refractivity contribution in [2.24, 2.45) is 0 Å². The van der Waals surface area contributed by atoms with Gasteiger partial charge >= 0.3 is 0 Å². The highest BCUT2D eigenvalue weighted by Crippen LogP contribution is 2.25. The Morgan fingerprint density at radius 1 is 1.09 bits per heavy atom. The van der Waals surface area contributed by atoms with Crippen LogP contribution in [0.3, 0.4) is 0 Å². The Bertz CT molecular complexity index is 1190. The maximum atomic E-state index is 12.6. The van der Waals surface area contributed by atoms with Crippen molar-refractivity contribution in [2.75, 3.05) is 51.6 Å². The molecule has 7 nitrogen and oxygen atoms in total. The number of piperazine rings is 1.